The van der Waals surface area contributed by atoms with E-state index in [9.17, 15) is 0 Å². The average molecular weight is 254 g/mol. The summed E-state index contributed by atoms with van der Waals surface area (Å²) in [5.74, 6) is 0. The van der Waals surface area contributed by atoms with Gasteiger partial charge in [-0.25, -0.2) is 0 Å². The summed E-state index contributed by atoms with van der Waals surface area (Å²) in [6.45, 7) is 12.9. The highest BCUT2D eigenvalue weighted by atomic mass is 15.1. The molecule has 1 aromatic rings. The largest absolute Gasteiger partial charge is 0.155 e. The van der Waals surface area contributed by atoms with Crippen molar-refractivity contribution in [2.24, 2.45) is 10.2 Å². The van der Waals surface area contributed by atoms with E-state index >= 15 is 0 Å². The molecule has 2 heteroatoms. The van der Waals surface area contributed by atoms with Gasteiger partial charge in [-0.3, -0.25) is 0 Å². The first-order chi connectivity index (χ1) is 8.91. The Hall–Kier alpha value is -1.70. The molecule has 0 unspecified atom stereocenters. The SMILES string of the molecule is CC1=CC=C(N=Nc2c(C)c(C)c(C)c(C)c2C)C1. The molecular weight excluding hydrogens is 232 g/mol. The van der Waals surface area contributed by atoms with Crippen LogP contribution >= 0.6 is 0 Å². The van der Waals surface area contributed by atoms with Gasteiger partial charge in [-0.15, -0.1) is 0 Å². The fourth-order valence-electron chi connectivity index (χ4n) is 2.46. The van der Waals surface area contributed by atoms with Crippen LogP contribution in [0.25, 0.3) is 0 Å². The zero-order valence-corrected chi connectivity index (χ0v) is 12.8. The Morgan fingerprint density at radius 2 is 1.21 bits per heavy atom. The smallest absolute Gasteiger partial charge is 0.0920 e. The maximum absolute atomic E-state index is 4.51. The molecule has 0 heterocycles. The molecule has 0 spiro atoms. The second-order valence-electron chi connectivity index (χ2n) is 5.52. The van der Waals surface area contributed by atoms with Gasteiger partial charge in [-0.2, -0.15) is 10.2 Å². The lowest BCUT2D eigenvalue weighted by molar-refractivity contribution is 1.02. The summed E-state index contributed by atoms with van der Waals surface area (Å²) in [6.07, 6.45) is 5.09. The highest BCUT2D eigenvalue weighted by Crippen LogP contribution is 2.33. The number of allylic oxidation sites excluding steroid dienone is 3. The lowest BCUT2D eigenvalue weighted by Gasteiger charge is -2.14. The molecule has 0 amide bonds. The van der Waals surface area contributed by atoms with E-state index in [0.717, 1.165) is 17.8 Å². The molecule has 1 aliphatic carbocycles. The Balaban J connectivity index is 2.39. The molecule has 0 aliphatic heterocycles. The molecule has 19 heavy (non-hydrogen) atoms. The first kappa shape index (κ1) is 13.7. The number of hydrogen-bond donors (Lipinski definition) is 0. The third-order valence-corrected chi connectivity index (χ3v) is 4.26. The zero-order chi connectivity index (χ0) is 14.2. The maximum atomic E-state index is 4.51. The van der Waals surface area contributed by atoms with Gasteiger partial charge < -0.3 is 0 Å². The second kappa shape index (κ2) is 5.12. The monoisotopic (exact) mass is 254 g/mol. The summed E-state index contributed by atoms with van der Waals surface area (Å²) < 4.78 is 0. The van der Waals surface area contributed by atoms with E-state index in [1.807, 2.05) is 0 Å². The van der Waals surface area contributed by atoms with Crippen LogP contribution in [0.5, 0.6) is 0 Å². The molecule has 0 radical (unpaired) electrons. The van der Waals surface area contributed by atoms with Crippen molar-refractivity contribution in [2.45, 2.75) is 48.0 Å². The number of benzene rings is 1. The molecule has 0 saturated heterocycles. The molecule has 2 nitrogen and oxygen atoms in total. The molecule has 100 valence electrons. The Morgan fingerprint density at radius 3 is 1.68 bits per heavy atom. The van der Waals surface area contributed by atoms with Crippen molar-refractivity contribution in [2.75, 3.05) is 0 Å². The van der Waals surface area contributed by atoms with Crippen LogP contribution in [0.3, 0.4) is 0 Å². The topological polar surface area (TPSA) is 24.7 Å². The average Bonchev–Trinajstić information content (AvgIpc) is 2.80. The van der Waals surface area contributed by atoms with Crippen LogP contribution in [-0.4, -0.2) is 0 Å². The Labute approximate surface area is 116 Å². The van der Waals surface area contributed by atoms with Crippen LogP contribution in [0.2, 0.25) is 0 Å². The van der Waals surface area contributed by atoms with Gasteiger partial charge >= 0.3 is 0 Å². The summed E-state index contributed by atoms with van der Waals surface area (Å²) >= 11 is 0. The highest BCUT2D eigenvalue weighted by molar-refractivity contribution is 5.61. The van der Waals surface area contributed by atoms with Crippen molar-refractivity contribution in [1.82, 2.24) is 0 Å². The van der Waals surface area contributed by atoms with Crippen molar-refractivity contribution < 1.29 is 0 Å². The standard InChI is InChI=1S/C17H22N2/c1-10-7-8-16(9-10)18-19-17-14(5)12(3)11(2)13(4)15(17)6/h7-8H,9H2,1-6H3. The van der Waals surface area contributed by atoms with Gasteiger partial charge in [0.15, 0.2) is 0 Å². The van der Waals surface area contributed by atoms with Crippen LogP contribution in [-0.2, 0) is 0 Å². The minimum atomic E-state index is 0.922. The van der Waals surface area contributed by atoms with E-state index in [2.05, 4.69) is 63.9 Å². The third kappa shape index (κ3) is 2.53. The van der Waals surface area contributed by atoms with E-state index in [-0.39, 0.29) is 0 Å². The van der Waals surface area contributed by atoms with E-state index in [0.29, 0.717) is 0 Å². The Morgan fingerprint density at radius 1 is 0.684 bits per heavy atom. The summed E-state index contributed by atoms with van der Waals surface area (Å²) in [4.78, 5) is 0. The molecule has 0 atom stereocenters. The maximum Gasteiger partial charge on any atom is 0.0920 e. The van der Waals surface area contributed by atoms with Gasteiger partial charge in [0, 0.05) is 6.42 Å². The normalized spacial score (nSPS) is 15.1. The summed E-state index contributed by atoms with van der Waals surface area (Å²) in [5.41, 5.74) is 9.93. The summed E-state index contributed by atoms with van der Waals surface area (Å²) in [5, 5.41) is 8.92. The lowest BCUT2D eigenvalue weighted by Crippen LogP contribution is -1.95. The molecule has 2 rings (SSSR count). The quantitative estimate of drug-likeness (QED) is 0.618. The van der Waals surface area contributed by atoms with Gasteiger partial charge in [0.25, 0.3) is 0 Å². The molecule has 1 aromatic carbocycles. The third-order valence-electron chi connectivity index (χ3n) is 4.26. The predicted molar refractivity (Wildman–Crippen MR) is 81.1 cm³/mol. The van der Waals surface area contributed by atoms with Gasteiger partial charge in [-0.05, 0) is 75.4 Å². The number of nitrogens with zero attached hydrogens (tertiary/aromatic N) is 2. The van der Waals surface area contributed by atoms with Crippen molar-refractivity contribution in [1.29, 1.82) is 0 Å². The number of azo groups is 1. The van der Waals surface area contributed by atoms with Crippen LogP contribution in [0.4, 0.5) is 5.69 Å². The van der Waals surface area contributed by atoms with Crippen molar-refractivity contribution in [3.63, 3.8) is 0 Å². The van der Waals surface area contributed by atoms with Crippen molar-refractivity contribution in [3.05, 3.63) is 51.2 Å². The molecular formula is C17H22N2. The minimum absolute atomic E-state index is 0.922. The predicted octanol–water partition coefficient (Wildman–Crippen LogP) is 5.55. The fraction of sp³-hybridized carbons (Fsp3) is 0.412. The van der Waals surface area contributed by atoms with E-state index < -0.39 is 0 Å². The summed E-state index contributed by atoms with van der Waals surface area (Å²) in [6, 6.07) is 0. The highest BCUT2D eigenvalue weighted by Gasteiger charge is 2.12. The van der Waals surface area contributed by atoms with Crippen LogP contribution in [0.15, 0.2) is 33.7 Å². The van der Waals surface area contributed by atoms with Crippen LogP contribution in [0, 0.1) is 34.6 Å². The van der Waals surface area contributed by atoms with E-state index in [1.54, 1.807) is 0 Å². The van der Waals surface area contributed by atoms with Crippen LogP contribution in [0.1, 0.15) is 41.2 Å². The van der Waals surface area contributed by atoms with Crippen LogP contribution < -0.4 is 0 Å². The second-order valence-corrected chi connectivity index (χ2v) is 5.52. The zero-order valence-electron chi connectivity index (χ0n) is 12.8. The van der Waals surface area contributed by atoms with Gasteiger partial charge in [0.2, 0.25) is 0 Å². The number of rotatable bonds is 2. The Bertz CT molecular complexity index is 588. The number of hydrogen-bond acceptors (Lipinski definition) is 2. The summed E-state index contributed by atoms with van der Waals surface area (Å²) in [7, 11) is 0. The van der Waals surface area contributed by atoms with Gasteiger partial charge in [0.05, 0.1) is 11.4 Å². The lowest BCUT2D eigenvalue weighted by atomic mass is 9.93. The molecule has 0 aromatic heterocycles. The molecule has 0 N–H and O–H groups in total. The first-order valence-electron chi connectivity index (χ1n) is 6.77. The van der Waals surface area contributed by atoms with E-state index in [4.69, 9.17) is 0 Å². The Kier molecular flexibility index (Phi) is 3.70. The van der Waals surface area contributed by atoms with Gasteiger partial charge in [-0.1, -0.05) is 11.6 Å². The minimum Gasteiger partial charge on any atom is -0.155 e. The van der Waals surface area contributed by atoms with Crippen molar-refractivity contribution in [3.8, 4) is 0 Å². The molecule has 0 saturated carbocycles. The fourth-order valence-corrected chi connectivity index (χ4v) is 2.46. The molecule has 1 aliphatic rings. The van der Waals surface area contributed by atoms with Gasteiger partial charge in [0.1, 0.15) is 0 Å². The molecule has 0 bridgehead atoms. The van der Waals surface area contributed by atoms with E-state index in [1.165, 1.54) is 33.4 Å². The first-order valence-corrected chi connectivity index (χ1v) is 6.77. The van der Waals surface area contributed by atoms with Crippen molar-refractivity contribution >= 4 is 5.69 Å². The molecule has 0 fully saturated rings.